The zero-order chi connectivity index (χ0) is 18.8. The van der Waals surface area contributed by atoms with Crippen LogP contribution in [0.5, 0.6) is 11.5 Å². The Bertz CT molecular complexity index is 727. The molecule has 0 aliphatic heterocycles. The standard InChI is InChI=1S/C20H23NO5/c1-2-12-25-17-6-8-18(9-7-17)26-14-19(22)21-11-10-15-4-3-5-16(13-15)20(23)24/h3-9,13H,2,10-12,14H2,1H3,(H,21,22)(H,23,24). The molecule has 1 amide bonds. The largest absolute Gasteiger partial charge is 0.494 e. The van der Waals surface area contributed by atoms with Gasteiger partial charge in [0.1, 0.15) is 11.5 Å². The van der Waals surface area contributed by atoms with E-state index in [0.29, 0.717) is 25.3 Å². The first-order valence-corrected chi connectivity index (χ1v) is 8.53. The molecule has 0 saturated heterocycles. The molecule has 0 atom stereocenters. The third-order valence-electron chi connectivity index (χ3n) is 3.58. The molecule has 0 bridgehead atoms. The molecule has 0 spiro atoms. The molecule has 0 aliphatic carbocycles. The van der Waals surface area contributed by atoms with E-state index in [4.69, 9.17) is 14.6 Å². The molecule has 0 heterocycles. The van der Waals surface area contributed by atoms with E-state index in [1.165, 1.54) is 6.07 Å². The number of ether oxygens (including phenoxy) is 2. The number of carbonyl (C=O) groups excluding carboxylic acids is 1. The summed E-state index contributed by atoms with van der Waals surface area (Å²) in [6.45, 7) is 3.04. The van der Waals surface area contributed by atoms with Crippen molar-refractivity contribution < 1.29 is 24.2 Å². The molecule has 6 nitrogen and oxygen atoms in total. The third kappa shape index (κ3) is 6.47. The number of nitrogens with one attached hydrogen (secondary N) is 1. The molecular formula is C20H23NO5. The van der Waals surface area contributed by atoms with Crippen LogP contribution in [-0.2, 0) is 11.2 Å². The number of hydrogen-bond donors (Lipinski definition) is 2. The second-order valence-electron chi connectivity index (χ2n) is 5.71. The number of carboxylic acids is 1. The fourth-order valence-corrected chi connectivity index (χ4v) is 2.26. The number of carbonyl (C=O) groups is 2. The minimum Gasteiger partial charge on any atom is -0.494 e. The van der Waals surface area contributed by atoms with Crippen LogP contribution >= 0.6 is 0 Å². The lowest BCUT2D eigenvalue weighted by molar-refractivity contribution is -0.123. The molecule has 0 saturated carbocycles. The van der Waals surface area contributed by atoms with Gasteiger partial charge in [0.05, 0.1) is 12.2 Å². The normalized spacial score (nSPS) is 10.2. The average Bonchev–Trinajstić information content (AvgIpc) is 2.65. The highest BCUT2D eigenvalue weighted by atomic mass is 16.5. The van der Waals surface area contributed by atoms with E-state index in [9.17, 15) is 9.59 Å². The first-order valence-electron chi connectivity index (χ1n) is 8.53. The van der Waals surface area contributed by atoms with Gasteiger partial charge in [0.2, 0.25) is 0 Å². The van der Waals surface area contributed by atoms with Gasteiger partial charge in [-0.3, -0.25) is 4.79 Å². The van der Waals surface area contributed by atoms with E-state index in [2.05, 4.69) is 5.32 Å². The Morgan fingerprint density at radius 3 is 2.38 bits per heavy atom. The first-order chi connectivity index (χ1) is 12.6. The molecule has 138 valence electrons. The SMILES string of the molecule is CCCOc1ccc(OCC(=O)NCCc2cccc(C(=O)O)c2)cc1. The number of hydrogen-bond acceptors (Lipinski definition) is 4. The van der Waals surface area contributed by atoms with Crippen LogP contribution in [0, 0.1) is 0 Å². The summed E-state index contributed by atoms with van der Waals surface area (Å²) in [5, 5.41) is 11.7. The molecule has 0 aromatic heterocycles. The van der Waals surface area contributed by atoms with Gasteiger partial charge in [0.25, 0.3) is 5.91 Å². The quantitative estimate of drug-likeness (QED) is 0.683. The number of amides is 1. The van der Waals surface area contributed by atoms with Crippen LogP contribution in [0.25, 0.3) is 0 Å². The first kappa shape index (κ1) is 19.3. The summed E-state index contributed by atoms with van der Waals surface area (Å²) >= 11 is 0. The van der Waals surface area contributed by atoms with Crippen LogP contribution in [-0.4, -0.2) is 36.7 Å². The van der Waals surface area contributed by atoms with Crippen LogP contribution in [0.4, 0.5) is 0 Å². The van der Waals surface area contributed by atoms with Gasteiger partial charge in [-0.05, 0) is 54.8 Å². The molecule has 2 rings (SSSR count). The predicted molar refractivity (Wildman–Crippen MR) is 97.8 cm³/mol. The summed E-state index contributed by atoms with van der Waals surface area (Å²) in [4.78, 5) is 22.8. The van der Waals surface area contributed by atoms with Crippen LogP contribution in [0.1, 0.15) is 29.3 Å². The molecule has 26 heavy (non-hydrogen) atoms. The highest BCUT2D eigenvalue weighted by Crippen LogP contribution is 2.17. The summed E-state index contributed by atoms with van der Waals surface area (Å²) in [6, 6.07) is 13.8. The molecule has 0 unspecified atom stereocenters. The number of carboxylic acid groups (broad SMARTS) is 1. The van der Waals surface area contributed by atoms with Crippen molar-refractivity contribution in [3.8, 4) is 11.5 Å². The van der Waals surface area contributed by atoms with Gasteiger partial charge in [-0.1, -0.05) is 19.1 Å². The van der Waals surface area contributed by atoms with Crippen molar-refractivity contribution in [1.29, 1.82) is 0 Å². The van der Waals surface area contributed by atoms with Crippen molar-refractivity contribution in [2.75, 3.05) is 19.8 Å². The fraction of sp³-hybridized carbons (Fsp3) is 0.300. The van der Waals surface area contributed by atoms with Gasteiger partial charge in [0, 0.05) is 6.54 Å². The van der Waals surface area contributed by atoms with Crippen molar-refractivity contribution in [2.24, 2.45) is 0 Å². The molecule has 2 aromatic carbocycles. The van der Waals surface area contributed by atoms with Gasteiger partial charge in [-0.2, -0.15) is 0 Å². The second kappa shape index (κ2) is 10.1. The zero-order valence-electron chi connectivity index (χ0n) is 14.7. The summed E-state index contributed by atoms with van der Waals surface area (Å²) < 4.78 is 10.9. The second-order valence-corrected chi connectivity index (χ2v) is 5.71. The molecule has 0 aliphatic rings. The van der Waals surface area contributed by atoms with Crippen LogP contribution < -0.4 is 14.8 Å². The van der Waals surface area contributed by atoms with Crippen molar-refractivity contribution in [3.05, 3.63) is 59.7 Å². The lowest BCUT2D eigenvalue weighted by Gasteiger charge is -2.09. The van der Waals surface area contributed by atoms with E-state index in [1.54, 1.807) is 36.4 Å². The maximum atomic E-state index is 11.8. The Balaban J connectivity index is 1.70. The molecule has 2 N–H and O–H groups in total. The average molecular weight is 357 g/mol. The highest BCUT2D eigenvalue weighted by Gasteiger charge is 2.05. The maximum absolute atomic E-state index is 11.8. The van der Waals surface area contributed by atoms with E-state index >= 15 is 0 Å². The maximum Gasteiger partial charge on any atom is 0.335 e. The van der Waals surface area contributed by atoms with E-state index in [0.717, 1.165) is 17.7 Å². The molecule has 6 heteroatoms. The lowest BCUT2D eigenvalue weighted by Crippen LogP contribution is -2.30. The van der Waals surface area contributed by atoms with Crippen molar-refractivity contribution in [1.82, 2.24) is 5.32 Å². The predicted octanol–water partition coefficient (Wildman–Crippen LogP) is 2.91. The lowest BCUT2D eigenvalue weighted by atomic mass is 10.1. The highest BCUT2D eigenvalue weighted by molar-refractivity contribution is 5.87. The van der Waals surface area contributed by atoms with E-state index < -0.39 is 5.97 Å². The Morgan fingerprint density at radius 2 is 1.73 bits per heavy atom. The number of aromatic carboxylic acids is 1. The van der Waals surface area contributed by atoms with Gasteiger partial charge >= 0.3 is 5.97 Å². The number of rotatable bonds is 10. The Labute approximate surface area is 152 Å². The summed E-state index contributed by atoms with van der Waals surface area (Å²) in [5.74, 6) is 0.173. The van der Waals surface area contributed by atoms with Crippen molar-refractivity contribution in [2.45, 2.75) is 19.8 Å². The topological polar surface area (TPSA) is 84.9 Å². The van der Waals surface area contributed by atoms with Crippen LogP contribution in [0.3, 0.4) is 0 Å². The Morgan fingerprint density at radius 1 is 1.04 bits per heavy atom. The van der Waals surface area contributed by atoms with Crippen LogP contribution in [0.15, 0.2) is 48.5 Å². The van der Waals surface area contributed by atoms with Gasteiger partial charge < -0.3 is 19.9 Å². The number of benzene rings is 2. The van der Waals surface area contributed by atoms with Crippen molar-refractivity contribution in [3.63, 3.8) is 0 Å². The summed E-state index contributed by atoms with van der Waals surface area (Å²) in [7, 11) is 0. The monoisotopic (exact) mass is 357 g/mol. The third-order valence-corrected chi connectivity index (χ3v) is 3.58. The van der Waals surface area contributed by atoms with Gasteiger partial charge in [-0.15, -0.1) is 0 Å². The summed E-state index contributed by atoms with van der Waals surface area (Å²) in [5.41, 5.74) is 1.09. The Hall–Kier alpha value is -3.02. The minimum absolute atomic E-state index is 0.0790. The molecule has 2 aromatic rings. The van der Waals surface area contributed by atoms with E-state index in [-0.39, 0.29) is 18.1 Å². The Kier molecular flexibility index (Phi) is 7.49. The smallest absolute Gasteiger partial charge is 0.335 e. The minimum atomic E-state index is -0.963. The fourth-order valence-electron chi connectivity index (χ4n) is 2.26. The van der Waals surface area contributed by atoms with Crippen molar-refractivity contribution >= 4 is 11.9 Å². The van der Waals surface area contributed by atoms with Gasteiger partial charge in [0.15, 0.2) is 6.61 Å². The molecular weight excluding hydrogens is 334 g/mol. The zero-order valence-corrected chi connectivity index (χ0v) is 14.7. The van der Waals surface area contributed by atoms with E-state index in [1.807, 2.05) is 13.0 Å². The summed E-state index contributed by atoms with van der Waals surface area (Å²) in [6.07, 6.45) is 1.50. The molecule has 0 radical (unpaired) electrons. The molecule has 0 fully saturated rings. The van der Waals surface area contributed by atoms with Crippen LogP contribution in [0.2, 0.25) is 0 Å². The van der Waals surface area contributed by atoms with Gasteiger partial charge in [-0.25, -0.2) is 4.79 Å².